The SMILES string of the molecule is Cc1nn2cc(CCNC(=O)[C@@H]3CCCN(CC(N)=O)C3)nc2s1. The van der Waals surface area contributed by atoms with E-state index in [0.717, 1.165) is 35.0 Å². The number of hydrogen-bond acceptors (Lipinski definition) is 6. The van der Waals surface area contributed by atoms with E-state index in [-0.39, 0.29) is 24.3 Å². The average Bonchev–Trinajstić information content (AvgIpc) is 3.03. The summed E-state index contributed by atoms with van der Waals surface area (Å²) >= 11 is 1.55. The van der Waals surface area contributed by atoms with Gasteiger partial charge in [-0.2, -0.15) is 5.10 Å². The third-order valence-electron chi connectivity index (χ3n) is 4.13. The second kappa shape index (κ2) is 7.27. The maximum Gasteiger partial charge on any atom is 0.231 e. The molecule has 0 spiro atoms. The number of hydrogen-bond donors (Lipinski definition) is 2. The molecule has 1 aliphatic rings. The molecule has 1 atom stereocenters. The van der Waals surface area contributed by atoms with Gasteiger partial charge >= 0.3 is 0 Å². The van der Waals surface area contributed by atoms with Crippen LogP contribution in [0.3, 0.4) is 0 Å². The molecule has 0 unspecified atom stereocenters. The quantitative estimate of drug-likeness (QED) is 0.760. The van der Waals surface area contributed by atoms with E-state index >= 15 is 0 Å². The van der Waals surface area contributed by atoms with Gasteiger partial charge in [0, 0.05) is 19.5 Å². The van der Waals surface area contributed by atoms with E-state index in [4.69, 9.17) is 5.73 Å². The second-order valence-electron chi connectivity index (χ2n) is 6.16. The summed E-state index contributed by atoms with van der Waals surface area (Å²) < 4.78 is 1.78. The summed E-state index contributed by atoms with van der Waals surface area (Å²) in [6, 6.07) is 0. The highest BCUT2D eigenvalue weighted by Gasteiger charge is 2.26. The Morgan fingerprint density at radius 3 is 3.08 bits per heavy atom. The number of rotatable bonds is 6. The maximum atomic E-state index is 12.3. The number of piperidine rings is 1. The maximum absolute atomic E-state index is 12.3. The van der Waals surface area contributed by atoms with Crippen LogP contribution in [0.25, 0.3) is 4.96 Å². The molecule has 9 heteroatoms. The van der Waals surface area contributed by atoms with E-state index < -0.39 is 0 Å². The van der Waals surface area contributed by atoms with Crippen molar-refractivity contribution < 1.29 is 9.59 Å². The van der Waals surface area contributed by atoms with Crippen molar-refractivity contribution in [1.29, 1.82) is 0 Å². The third-order valence-corrected chi connectivity index (χ3v) is 4.97. The Labute approximate surface area is 144 Å². The first-order chi connectivity index (χ1) is 11.5. The minimum Gasteiger partial charge on any atom is -0.369 e. The van der Waals surface area contributed by atoms with Crippen molar-refractivity contribution in [2.45, 2.75) is 26.2 Å². The van der Waals surface area contributed by atoms with E-state index in [9.17, 15) is 9.59 Å². The van der Waals surface area contributed by atoms with E-state index in [1.54, 1.807) is 15.9 Å². The third kappa shape index (κ3) is 4.09. The Morgan fingerprint density at radius 2 is 2.33 bits per heavy atom. The molecule has 1 saturated heterocycles. The van der Waals surface area contributed by atoms with Crippen molar-refractivity contribution in [3.05, 3.63) is 16.9 Å². The van der Waals surface area contributed by atoms with E-state index in [1.165, 1.54) is 0 Å². The van der Waals surface area contributed by atoms with Crippen molar-refractivity contribution in [1.82, 2.24) is 24.8 Å². The van der Waals surface area contributed by atoms with Crippen LogP contribution in [0.2, 0.25) is 0 Å². The van der Waals surface area contributed by atoms with Crippen LogP contribution in [-0.2, 0) is 16.0 Å². The number of nitrogens with two attached hydrogens (primary N) is 1. The van der Waals surface area contributed by atoms with Gasteiger partial charge in [0.2, 0.25) is 16.8 Å². The summed E-state index contributed by atoms with van der Waals surface area (Å²) in [5.41, 5.74) is 6.15. The van der Waals surface area contributed by atoms with Gasteiger partial charge in [-0.1, -0.05) is 11.3 Å². The summed E-state index contributed by atoms with van der Waals surface area (Å²) in [6.45, 7) is 4.14. The monoisotopic (exact) mass is 350 g/mol. The number of aryl methyl sites for hydroxylation is 1. The molecule has 1 aliphatic heterocycles. The van der Waals surface area contributed by atoms with Crippen LogP contribution in [-0.4, -0.2) is 57.5 Å². The average molecular weight is 350 g/mol. The summed E-state index contributed by atoms with van der Waals surface area (Å²) in [5, 5.41) is 8.28. The largest absolute Gasteiger partial charge is 0.369 e. The summed E-state index contributed by atoms with van der Waals surface area (Å²) in [4.78, 5) is 30.6. The number of nitrogens with zero attached hydrogens (tertiary/aromatic N) is 4. The molecule has 3 N–H and O–H groups in total. The van der Waals surface area contributed by atoms with Crippen LogP contribution in [0, 0.1) is 12.8 Å². The number of primary amides is 1. The van der Waals surface area contributed by atoms with Crippen LogP contribution in [0.15, 0.2) is 6.20 Å². The Bertz CT molecular complexity index is 708. The molecule has 3 rings (SSSR count). The van der Waals surface area contributed by atoms with Gasteiger partial charge in [-0.05, 0) is 26.3 Å². The molecule has 2 aromatic rings. The summed E-state index contributed by atoms with van der Waals surface area (Å²) in [5.74, 6) is -0.383. The van der Waals surface area contributed by atoms with Crippen LogP contribution in [0.4, 0.5) is 0 Å². The highest BCUT2D eigenvalue weighted by atomic mass is 32.1. The lowest BCUT2D eigenvalue weighted by atomic mass is 9.97. The molecule has 0 aromatic carbocycles. The molecule has 2 aromatic heterocycles. The van der Waals surface area contributed by atoms with Crippen LogP contribution in [0.5, 0.6) is 0 Å². The number of nitrogens with one attached hydrogen (secondary N) is 1. The molecule has 0 saturated carbocycles. The fraction of sp³-hybridized carbons (Fsp3) is 0.600. The number of fused-ring (bicyclic) bond motifs is 1. The van der Waals surface area contributed by atoms with Crippen molar-refractivity contribution in [3.8, 4) is 0 Å². The summed E-state index contributed by atoms with van der Waals surface area (Å²) in [7, 11) is 0. The topological polar surface area (TPSA) is 106 Å². The number of carbonyl (C=O) groups is 2. The highest BCUT2D eigenvalue weighted by Crippen LogP contribution is 2.16. The molecule has 3 heterocycles. The molecule has 1 fully saturated rings. The number of aromatic nitrogens is 3. The Morgan fingerprint density at radius 1 is 1.50 bits per heavy atom. The van der Waals surface area contributed by atoms with Crippen LogP contribution >= 0.6 is 11.3 Å². The molecular formula is C15H22N6O2S. The number of likely N-dealkylation sites (tertiary alicyclic amines) is 1. The molecule has 2 amide bonds. The van der Waals surface area contributed by atoms with Gasteiger partial charge < -0.3 is 11.1 Å². The first-order valence-electron chi connectivity index (χ1n) is 8.11. The van der Waals surface area contributed by atoms with E-state index in [2.05, 4.69) is 15.4 Å². The standard InChI is InChI=1S/C15H22N6O2S/c1-10-19-21-8-12(18-15(21)24-10)4-5-17-14(23)11-3-2-6-20(7-11)9-13(16)22/h8,11H,2-7,9H2,1H3,(H2,16,22)(H,17,23)/t11-/m1/s1. The van der Waals surface area contributed by atoms with Gasteiger partial charge in [0.25, 0.3) is 0 Å². The molecule has 8 nitrogen and oxygen atoms in total. The number of imidazole rings is 1. The Balaban J connectivity index is 1.46. The van der Waals surface area contributed by atoms with Crippen LogP contribution < -0.4 is 11.1 Å². The Kier molecular flexibility index (Phi) is 5.10. The van der Waals surface area contributed by atoms with Gasteiger partial charge in [-0.3, -0.25) is 14.5 Å². The number of carbonyl (C=O) groups excluding carboxylic acids is 2. The molecule has 0 aliphatic carbocycles. The molecule has 0 bridgehead atoms. The lowest BCUT2D eigenvalue weighted by molar-refractivity contribution is -0.128. The normalized spacial score (nSPS) is 18.8. The first-order valence-corrected chi connectivity index (χ1v) is 8.93. The van der Waals surface area contributed by atoms with Gasteiger partial charge in [0.05, 0.1) is 24.4 Å². The van der Waals surface area contributed by atoms with Crippen molar-refractivity contribution in [2.75, 3.05) is 26.2 Å². The van der Waals surface area contributed by atoms with E-state index in [1.807, 2.05) is 18.0 Å². The smallest absolute Gasteiger partial charge is 0.231 e. The zero-order valence-corrected chi connectivity index (χ0v) is 14.5. The number of amides is 2. The zero-order chi connectivity index (χ0) is 17.1. The minimum atomic E-state index is -0.348. The minimum absolute atomic E-state index is 0.0409. The molecule has 24 heavy (non-hydrogen) atoms. The molecule has 130 valence electrons. The Hall–Kier alpha value is -2.00. The van der Waals surface area contributed by atoms with E-state index in [0.29, 0.717) is 19.5 Å². The lowest BCUT2D eigenvalue weighted by Gasteiger charge is -2.30. The van der Waals surface area contributed by atoms with Crippen molar-refractivity contribution in [2.24, 2.45) is 11.7 Å². The lowest BCUT2D eigenvalue weighted by Crippen LogP contribution is -2.46. The zero-order valence-electron chi connectivity index (χ0n) is 13.7. The first kappa shape index (κ1) is 16.8. The fourth-order valence-corrected chi connectivity index (χ4v) is 3.80. The fourth-order valence-electron chi connectivity index (χ4n) is 3.06. The van der Waals surface area contributed by atoms with Gasteiger partial charge in [0.1, 0.15) is 5.01 Å². The van der Waals surface area contributed by atoms with Crippen molar-refractivity contribution >= 4 is 28.1 Å². The van der Waals surface area contributed by atoms with Gasteiger partial charge in [-0.15, -0.1) is 0 Å². The predicted molar refractivity (Wildman–Crippen MR) is 90.7 cm³/mol. The van der Waals surface area contributed by atoms with Gasteiger partial charge in [0.15, 0.2) is 0 Å². The van der Waals surface area contributed by atoms with Crippen LogP contribution in [0.1, 0.15) is 23.5 Å². The molecular weight excluding hydrogens is 328 g/mol. The second-order valence-corrected chi connectivity index (χ2v) is 7.32. The van der Waals surface area contributed by atoms with Gasteiger partial charge in [-0.25, -0.2) is 9.50 Å². The molecule has 0 radical (unpaired) electrons. The summed E-state index contributed by atoms with van der Waals surface area (Å²) in [6.07, 6.45) is 4.34. The van der Waals surface area contributed by atoms with Crippen molar-refractivity contribution in [3.63, 3.8) is 0 Å². The highest BCUT2D eigenvalue weighted by molar-refractivity contribution is 7.16. The predicted octanol–water partition coefficient (Wildman–Crippen LogP) is -0.0448.